The van der Waals surface area contributed by atoms with Crippen molar-refractivity contribution < 1.29 is 4.79 Å². The van der Waals surface area contributed by atoms with Gasteiger partial charge in [0.05, 0.1) is 0 Å². The summed E-state index contributed by atoms with van der Waals surface area (Å²) in [7, 11) is 0. The molecule has 0 saturated carbocycles. The van der Waals surface area contributed by atoms with Crippen molar-refractivity contribution in [3.63, 3.8) is 0 Å². The van der Waals surface area contributed by atoms with E-state index in [1.54, 1.807) is 0 Å². The highest BCUT2D eigenvalue weighted by Crippen LogP contribution is 2.26. The third-order valence-electron chi connectivity index (χ3n) is 3.23. The van der Waals surface area contributed by atoms with Crippen molar-refractivity contribution in [2.75, 3.05) is 10.6 Å². The van der Waals surface area contributed by atoms with E-state index in [-0.39, 0.29) is 11.4 Å². The summed E-state index contributed by atoms with van der Waals surface area (Å²) in [5, 5.41) is 5.71. The molecule has 0 fully saturated rings. The smallest absolute Gasteiger partial charge is 0.308 e. The molecule has 110 valence electrons. The number of aryl methyl sites for hydroxylation is 1. The summed E-state index contributed by atoms with van der Waals surface area (Å²) in [5.74, 6) is 0. The molecular weight excluding hydrogens is 260 g/mol. The minimum absolute atomic E-state index is 0.0539. The summed E-state index contributed by atoms with van der Waals surface area (Å²) in [5.41, 5.74) is 3.99. The lowest BCUT2D eigenvalue weighted by Gasteiger charge is -2.21. The number of benzene rings is 2. The minimum Gasteiger partial charge on any atom is -0.308 e. The Balaban J connectivity index is 2.12. The molecule has 0 aliphatic rings. The molecule has 21 heavy (non-hydrogen) atoms. The number of carbonyl (C=O) groups excluding carboxylic acids is 1. The van der Waals surface area contributed by atoms with Crippen LogP contribution in [0.1, 0.15) is 31.9 Å². The van der Waals surface area contributed by atoms with Crippen molar-refractivity contribution in [2.45, 2.75) is 33.1 Å². The summed E-state index contributed by atoms with van der Waals surface area (Å²) >= 11 is 0. The van der Waals surface area contributed by atoms with Gasteiger partial charge in [0.25, 0.3) is 0 Å². The Kier molecular flexibility index (Phi) is 4.32. The minimum atomic E-state index is -0.230. The maximum Gasteiger partial charge on any atom is 0.323 e. The average Bonchev–Trinajstić information content (AvgIpc) is 2.37. The van der Waals surface area contributed by atoms with Crippen LogP contribution in [0.5, 0.6) is 0 Å². The lowest BCUT2D eigenvalue weighted by molar-refractivity contribution is 0.262. The summed E-state index contributed by atoms with van der Waals surface area (Å²) in [6.07, 6.45) is 0. The first-order valence-electron chi connectivity index (χ1n) is 7.10. The second-order valence-corrected chi connectivity index (χ2v) is 6.28. The number of anilines is 2. The SMILES string of the molecule is Cc1cc(NC(=O)Nc2ccccc2)cc(C(C)(C)C)c1. The van der Waals surface area contributed by atoms with Gasteiger partial charge in [-0.2, -0.15) is 0 Å². The van der Waals surface area contributed by atoms with Gasteiger partial charge in [-0.15, -0.1) is 0 Å². The molecule has 2 aromatic carbocycles. The fourth-order valence-corrected chi connectivity index (χ4v) is 2.10. The van der Waals surface area contributed by atoms with Gasteiger partial charge in [-0.1, -0.05) is 45.0 Å². The second-order valence-electron chi connectivity index (χ2n) is 6.28. The molecule has 0 unspecified atom stereocenters. The molecular formula is C18H22N2O. The normalized spacial score (nSPS) is 11.0. The molecule has 0 aliphatic heterocycles. The van der Waals surface area contributed by atoms with E-state index in [0.29, 0.717) is 0 Å². The van der Waals surface area contributed by atoms with Crippen LogP contribution in [0.25, 0.3) is 0 Å². The molecule has 0 spiro atoms. The zero-order chi connectivity index (χ0) is 15.5. The van der Waals surface area contributed by atoms with Gasteiger partial charge >= 0.3 is 6.03 Å². The Labute approximate surface area is 126 Å². The summed E-state index contributed by atoms with van der Waals surface area (Å²) in [6, 6.07) is 15.3. The topological polar surface area (TPSA) is 41.1 Å². The number of nitrogens with one attached hydrogen (secondary N) is 2. The first kappa shape index (κ1) is 15.1. The molecule has 0 bridgehead atoms. The quantitative estimate of drug-likeness (QED) is 0.805. The Morgan fingerprint density at radius 1 is 0.905 bits per heavy atom. The van der Waals surface area contributed by atoms with Gasteiger partial charge in [-0.3, -0.25) is 0 Å². The van der Waals surface area contributed by atoms with Gasteiger partial charge in [-0.05, 0) is 47.7 Å². The van der Waals surface area contributed by atoms with Crippen LogP contribution < -0.4 is 10.6 Å². The van der Waals surface area contributed by atoms with Crippen LogP contribution in [-0.2, 0) is 5.41 Å². The molecule has 0 saturated heterocycles. The summed E-state index contributed by atoms with van der Waals surface area (Å²) in [6.45, 7) is 8.52. The predicted octanol–water partition coefficient (Wildman–Crippen LogP) is 4.94. The third kappa shape index (κ3) is 4.35. The zero-order valence-corrected chi connectivity index (χ0v) is 13.0. The Morgan fingerprint density at radius 2 is 1.52 bits per heavy atom. The van der Waals surface area contributed by atoms with Crippen LogP contribution in [0.2, 0.25) is 0 Å². The van der Waals surface area contributed by atoms with Crippen molar-refractivity contribution >= 4 is 17.4 Å². The van der Waals surface area contributed by atoms with Crippen molar-refractivity contribution in [1.82, 2.24) is 0 Å². The number of para-hydroxylation sites is 1. The van der Waals surface area contributed by atoms with Gasteiger partial charge in [0.15, 0.2) is 0 Å². The third-order valence-corrected chi connectivity index (χ3v) is 3.23. The van der Waals surface area contributed by atoms with E-state index < -0.39 is 0 Å². The van der Waals surface area contributed by atoms with Crippen LogP contribution in [0.15, 0.2) is 48.5 Å². The van der Waals surface area contributed by atoms with E-state index in [4.69, 9.17) is 0 Å². The second kappa shape index (κ2) is 6.00. The average molecular weight is 282 g/mol. The molecule has 2 N–H and O–H groups in total. The Bertz CT molecular complexity index is 627. The van der Waals surface area contributed by atoms with E-state index in [9.17, 15) is 4.79 Å². The molecule has 0 aromatic heterocycles. The van der Waals surface area contributed by atoms with E-state index >= 15 is 0 Å². The fraction of sp³-hybridized carbons (Fsp3) is 0.278. The van der Waals surface area contributed by atoms with E-state index in [1.165, 1.54) is 5.56 Å². The molecule has 0 atom stereocenters. The van der Waals surface area contributed by atoms with Gasteiger partial charge in [0, 0.05) is 11.4 Å². The van der Waals surface area contributed by atoms with Gasteiger partial charge in [-0.25, -0.2) is 4.79 Å². The molecule has 2 amide bonds. The van der Waals surface area contributed by atoms with Crippen molar-refractivity contribution in [3.8, 4) is 0 Å². The van der Waals surface area contributed by atoms with E-state index in [0.717, 1.165) is 16.9 Å². The van der Waals surface area contributed by atoms with Crippen LogP contribution in [0.4, 0.5) is 16.2 Å². The highest BCUT2D eigenvalue weighted by molar-refractivity contribution is 5.99. The number of urea groups is 1. The predicted molar refractivity (Wildman–Crippen MR) is 89.0 cm³/mol. The summed E-state index contributed by atoms with van der Waals surface area (Å²) < 4.78 is 0. The van der Waals surface area contributed by atoms with Crippen LogP contribution in [-0.4, -0.2) is 6.03 Å². The standard InChI is InChI=1S/C18H22N2O/c1-13-10-14(18(2,3)4)12-16(11-13)20-17(21)19-15-8-6-5-7-9-15/h5-12H,1-4H3,(H2,19,20,21). The number of carbonyl (C=O) groups is 1. The molecule has 3 heteroatoms. The Hall–Kier alpha value is -2.29. The first-order chi connectivity index (χ1) is 9.84. The zero-order valence-electron chi connectivity index (χ0n) is 13.0. The lowest BCUT2D eigenvalue weighted by Crippen LogP contribution is -2.20. The Morgan fingerprint density at radius 3 is 2.14 bits per heavy atom. The van der Waals surface area contributed by atoms with Crippen molar-refractivity contribution in [1.29, 1.82) is 0 Å². The lowest BCUT2D eigenvalue weighted by atomic mass is 9.86. The molecule has 0 radical (unpaired) electrons. The van der Waals surface area contributed by atoms with Gasteiger partial charge in [0.2, 0.25) is 0 Å². The van der Waals surface area contributed by atoms with Crippen LogP contribution in [0.3, 0.4) is 0 Å². The van der Waals surface area contributed by atoms with Crippen molar-refractivity contribution in [2.24, 2.45) is 0 Å². The molecule has 3 nitrogen and oxygen atoms in total. The van der Waals surface area contributed by atoms with Gasteiger partial charge < -0.3 is 10.6 Å². The highest BCUT2D eigenvalue weighted by Gasteiger charge is 2.15. The maximum atomic E-state index is 12.0. The van der Waals surface area contributed by atoms with E-state index in [2.05, 4.69) is 37.5 Å². The van der Waals surface area contributed by atoms with Crippen LogP contribution in [0, 0.1) is 6.92 Å². The summed E-state index contributed by atoms with van der Waals surface area (Å²) in [4.78, 5) is 12.0. The molecule has 0 heterocycles. The molecule has 0 aliphatic carbocycles. The molecule has 2 aromatic rings. The van der Waals surface area contributed by atoms with Crippen molar-refractivity contribution in [3.05, 3.63) is 59.7 Å². The van der Waals surface area contributed by atoms with Crippen LogP contribution >= 0.6 is 0 Å². The van der Waals surface area contributed by atoms with Gasteiger partial charge in [0.1, 0.15) is 0 Å². The fourth-order valence-electron chi connectivity index (χ4n) is 2.10. The number of hydrogen-bond donors (Lipinski definition) is 2. The monoisotopic (exact) mass is 282 g/mol. The molecule has 2 rings (SSSR count). The largest absolute Gasteiger partial charge is 0.323 e. The van der Waals surface area contributed by atoms with E-state index in [1.807, 2.05) is 49.4 Å². The number of hydrogen-bond acceptors (Lipinski definition) is 1. The number of amides is 2. The highest BCUT2D eigenvalue weighted by atomic mass is 16.2. The number of rotatable bonds is 2. The first-order valence-corrected chi connectivity index (χ1v) is 7.10. The maximum absolute atomic E-state index is 12.0.